The minimum Gasteiger partial charge on any atom is -0.475 e. The number of carbonyl (C=O) groups is 1. The molecular formula is C15H15F3N2O2. The van der Waals surface area contributed by atoms with E-state index in [4.69, 9.17) is 20.6 Å². The lowest BCUT2D eigenvalue weighted by Gasteiger charge is -2.18. The van der Waals surface area contributed by atoms with Crippen LogP contribution in [0, 0.1) is 0 Å². The molecule has 0 saturated carbocycles. The first-order valence-electron chi connectivity index (χ1n) is 6.77. The number of hydrogen-bond acceptors (Lipinski definition) is 3. The fraction of sp³-hybridized carbons (Fsp3) is 0.333. The Kier molecular flexibility index (Phi) is 4.54. The van der Waals surface area contributed by atoms with Crippen LogP contribution in [0.4, 0.5) is 18.9 Å². The van der Waals surface area contributed by atoms with Crippen LogP contribution in [-0.2, 0) is 17.6 Å². The van der Waals surface area contributed by atoms with Gasteiger partial charge in [-0.25, -0.2) is 4.79 Å². The fourth-order valence-corrected chi connectivity index (χ4v) is 2.41. The second-order valence-corrected chi connectivity index (χ2v) is 4.98. The molecule has 1 heterocycles. The van der Waals surface area contributed by atoms with Gasteiger partial charge in [0.2, 0.25) is 0 Å². The predicted molar refractivity (Wildman–Crippen MR) is 76.5 cm³/mol. The van der Waals surface area contributed by atoms with E-state index in [1.54, 1.807) is 0 Å². The summed E-state index contributed by atoms with van der Waals surface area (Å²) < 4.78 is 31.7. The summed E-state index contributed by atoms with van der Waals surface area (Å²) in [6.07, 6.45) is -0.404. The van der Waals surface area contributed by atoms with Crippen LogP contribution < -0.4 is 5.73 Å². The number of benzene rings is 1. The molecule has 4 nitrogen and oxygen atoms in total. The molecule has 0 radical (unpaired) electrons. The van der Waals surface area contributed by atoms with E-state index < -0.39 is 12.1 Å². The van der Waals surface area contributed by atoms with Crippen molar-refractivity contribution in [1.82, 2.24) is 4.98 Å². The molecule has 7 heteroatoms. The monoisotopic (exact) mass is 312 g/mol. The van der Waals surface area contributed by atoms with Gasteiger partial charge in [0, 0.05) is 16.8 Å². The van der Waals surface area contributed by atoms with Crippen LogP contribution in [0.2, 0.25) is 0 Å². The number of rotatable bonds is 0. The highest BCUT2D eigenvalue weighted by Crippen LogP contribution is 2.30. The number of nitrogens with zero attached hydrogens (tertiary/aromatic N) is 1. The number of aromatic nitrogens is 1. The first-order valence-corrected chi connectivity index (χ1v) is 6.77. The number of nitrogen functional groups attached to an aromatic ring is 1. The Balaban J connectivity index is 0.000000217. The van der Waals surface area contributed by atoms with Crippen molar-refractivity contribution in [2.75, 3.05) is 5.73 Å². The third-order valence-electron chi connectivity index (χ3n) is 3.46. The van der Waals surface area contributed by atoms with Crippen LogP contribution in [-0.4, -0.2) is 22.2 Å². The Labute approximate surface area is 124 Å². The van der Waals surface area contributed by atoms with Crippen molar-refractivity contribution >= 4 is 22.6 Å². The SMILES string of the molecule is Nc1c2c(nc3ccccc13)CCCC2.O=C(O)C(F)(F)F. The van der Waals surface area contributed by atoms with Gasteiger partial charge in [0.05, 0.1) is 5.52 Å². The number of aliphatic carboxylic acids is 1. The van der Waals surface area contributed by atoms with Crippen LogP contribution in [0.25, 0.3) is 10.9 Å². The highest BCUT2D eigenvalue weighted by Gasteiger charge is 2.38. The normalized spacial score (nSPS) is 14.0. The number of hydrogen-bond donors (Lipinski definition) is 2. The molecule has 1 aromatic heterocycles. The average molecular weight is 312 g/mol. The number of halogens is 3. The number of alkyl halides is 3. The number of pyridine rings is 1. The first kappa shape index (κ1) is 16.1. The van der Waals surface area contributed by atoms with Gasteiger partial charge in [-0.05, 0) is 37.3 Å². The zero-order chi connectivity index (χ0) is 16.3. The van der Waals surface area contributed by atoms with Gasteiger partial charge in [-0.1, -0.05) is 18.2 Å². The number of anilines is 1. The Morgan fingerprint density at radius 1 is 1.18 bits per heavy atom. The summed E-state index contributed by atoms with van der Waals surface area (Å²) >= 11 is 0. The number of carboxylic acids is 1. The Morgan fingerprint density at radius 3 is 2.41 bits per heavy atom. The van der Waals surface area contributed by atoms with E-state index in [-0.39, 0.29) is 0 Å². The standard InChI is InChI=1S/C13H14N2.C2HF3O2/c14-13-9-5-1-3-7-11(9)15-12-8-4-2-6-10(12)13;3-2(4,5)1(6)7/h1,3,5,7H,2,4,6,8H2,(H2,14,15);(H,6,7). The third-order valence-corrected chi connectivity index (χ3v) is 3.46. The largest absolute Gasteiger partial charge is 0.490 e. The van der Waals surface area contributed by atoms with Gasteiger partial charge >= 0.3 is 12.1 Å². The minimum atomic E-state index is -5.08. The van der Waals surface area contributed by atoms with E-state index >= 15 is 0 Å². The van der Waals surface area contributed by atoms with Gasteiger partial charge in [0.25, 0.3) is 0 Å². The number of para-hydroxylation sites is 1. The van der Waals surface area contributed by atoms with Gasteiger partial charge in [-0.15, -0.1) is 0 Å². The van der Waals surface area contributed by atoms with Crippen LogP contribution in [0.3, 0.4) is 0 Å². The maximum Gasteiger partial charge on any atom is 0.490 e. The zero-order valence-corrected chi connectivity index (χ0v) is 11.7. The van der Waals surface area contributed by atoms with Gasteiger partial charge in [-0.2, -0.15) is 13.2 Å². The highest BCUT2D eigenvalue weighted by molar-refractivity contribution is 5.92. The molecule has 22 heavy (non-hydrogen) atoms. The Morgan fingerprint density at radius 2 is 1.77 bits per heavy atom. The molecule has 0 atom stereocenters. The maximum absolute atomic E-state index is 10.6. The second kappa shape index (κ2) is 6.21. The topological polar surface area (TPSA) is 76.2 Å². The molecule has 0 aliphatic heterocycles. The smallest absolute Gasteiger partial charge is 0.475 e. The number of aryl methyl sites for hydroxylation is 1. The molecule has 0 fully saturated rings. The second-order valence-electron chi connectivity index (χ2n) is 4.98. The van der Waals surface area contributed by atoms with E-state index in [1.807, 2.05) is 18.2 Å². The summed E-state index contributed by atoms with van der Waals surface area (Å²) in [7, 11) is 0. The van der Waals surface area contributed by atoms with Crippen LogP contribution in [0.1, 0.15) is 24.1 Å². The summed E-state index contributed by atoms with van der Waals surface area (Å²) in [6.45, 7) is 0. The lowest BCUT2D eigenvalue weighted by atomic mass is 9.93. The molecule has 0 amide bonds. The van der Waals surface area contributed by atoms with Gasteiger partial charge in [0.1, 0.15) is 0 Å². The van der Waals surface area contributed by atoms with Crippen molar-refractivity contribution in [2.24, 2.45) is 0 Å². The van der Waals surface area contributed by atoms with E-state index in [0.717, 1.165) is 29.4 Å². The van der Waals surface area contributed by atoms with Crippen molar-refractivity contribution in [3.8, 4) is 0 Å². The van der Waals surface area contributed by atoms with Crippen LogP contribution in [0.15, 0.2) is 24.3 Å². The van der Waals surface area contributed by atoms with Gasteiger partial charge < -0.3 is 10.8 Å². The van der Waals surface area contributed by atoms with Crippen LogP contribution >= 0.6 is 0 Å². The number of fused-ring (bicyclic) bond motifs is 2. The molecule has 0 saturated heterocycles. The van der Waals surface area contributed by atoms with Crippen molar-refractivity contribution < 1.29 is 23.1 Å². The molecule has 0 spiro atoms. The summed E-state index contributed by atoms with van der Waals surface area (Å²) in [5.41, 5.74) is 10.7. The van der Waals surface area contributed by atoms with Crippen molar-refractivity contribution in [2.45, 2.75) is 31.9 Å². The average Bonchev–Trinajstić information content (AvgIpc) is 2.47. The highest BCUT2D eigenvalue weighted by atomic mass is 19.4. The molecule has 2 aromatic rings. The lowest BCUT2D eigenvalue weighted by molar-refractivity contribution is -0.192. The molecule has 0 unspecified atom stereocenters. The van der Waals surface area contributed by atoms with E-state index in [9.17, 15) is 13.2 Å². The van der Waals surface area contributed by atoms with Gasteiger partial charge in [-0.3, -0.25) is 4.98 Å². The van der Waals surface area contributed by atoms with Crippen LogP contribution in [0.5, 0.6) is 0 Å². The first-order chi connectivity index (χ1) is 10.3. The number of nitrogens with two attached hydrogens (primary N) is 1. The molecule has 118 valence electrons. The third kappa shape index (κ3) is 3.47. The molecule has 3 rings (SSSR count). The molecule has 1 aliphatic carbocycles. The summed E-state index contributed by atoms with van der Waals surface area (Å²) in [4.78, 5) is 13.6. The number of carboxylic acid groups (broad SMARTS) is 1. The van der Waals surface area contributed by atoms with Crippen molar-refractivity contribution in [3.63, 3.8) is 0 Å². The Hall–Kier alpha value is -2.31. The molecule has 3 N–H and O–H groups in total. The van der Waals surface area contributed by atoms with Gasteiger partial charge in [0.15, 0.2) is 0 Å². The molecule has 0 bridgehead atoms. The predicted octanol–water partition coefficient (Wildman–Crippen LogP) is 3.33. The fourth-order valence-electron chi connectivity index (χ4n) is 2.41. The maximum atomic E-state index is 10.6. The quantitative estimate of drug-likeness (QED) is 0.782. The summed E-state index contributed by atoms with van der Waals surface area (Å²) in [6, 6.07) is 8.15. The van der Waals surface area contributed by atoms with Crippen molar-refractivity contribution in [3.05, 3.63) is 35.5 Å². The van der Waals surface area contributed by atoms with E-state index in [1.165, 1.54) is 24.1 Å². The van der Waals surface area contributed by atoms with E-state index in [2.05, 4.69) is 6.07 Å². The summed E-state index contributed by atoms with van der Waals surface area (Å²) in [5.74, 6) is -2.76. The zero-order valence-electron chi connectivity index (χ0n) is 11.7. The molecular weight excluding hydrogens is 297 g/mol. The molecule has 1 aliphatic rings. The summed E-state index contributed by atoms with van der Waals surface area (Å²) in [5, 5.41) is 8.23. The molecule has 1 aromatic carbocycles. The minimum absolute atomic E-state index is 0.954. The van der Waals surface area contributed by atoms with Crippen molar-refractivity contribution in [1.29, 1.82) is 0 Å². The lowest BCUT2D eigenvalue weighted by Crippen LogP contribution is -2.21. The Bertz CT molecular complexity index is 699. The van der Waals surface area contributed by atoms with E-state index in [0.29, 0.717) is 0 Å².